The maximum absolute atomic E-state index is 8.80. The molecule has 0 saturated heterocycles. The highest BCUT2D eigenvalue weighted by atomic mass is 16.3. The number of benzene rings is 1. The summed E-state index contributed by atoms with van der Waals surface area (Å²) in [6.45, 7) is 0.246. The van der Waals surface area contributed by atoms with Crippen LogP contribution in [0.3, 0.4) is 0 Å². The van der Waals surface area contributed by atoms with Gasteiger partial charge in [0, 0.05) is 12.1 Å². The van der Waals surface area contributed by atoms with Crippen LogP contribution >= 0.6 is 0 Å². The van der Waals surface area contributed by atoms with Gasteiger partial charge in [-0.25, -0.2) is 0 Å². The summed E-state index contributed by atoms with van der Waals surface area (Å²) in [6, 6.07) is 10.2. The van der Waals surface area contributed by atoms with Crippen molar-refractivity contribution in [2.24, 2.45) is 11.7 Å². The van der Waals surface area contributed by atoms with Gasteiger partial charge in [-0.15, -0.1) is 0 Å². The fourth-order valence-electron chi connectivity index (χ4n) is 1.97. The Bertz CT molecular complexity index is 285. The minimum absolute atomic E-state index is 0.149. The summed E-state index contributed by atoms with van der Waals surface area (Å²) >= 11 is 0. The van der Waals surface area contributed by atoms with Crippen LogP contribution in [-0.2, 0) is 5.54 Å². The van der Waals surface area contributed by atoms with Crippen molar-refractivity contribution in [1.82, 2.24) is 0 Å². The van der Waals surface area contributed by atoms with Crippen molar-refractivity contribution in [3.63, 3.8) is 0 Å². The second kappa shape index (κ2) is 3.13. The van der Waals surface area contributed by atoms with Gasteiger partial charge in [0.1, 0.15) is 0 Å². The number of rotatable bonds is 3. The SMILES string of the molecule is N[C@@]1(c2ccccc2)C[C@H]1CCO. The number of nitrogens with two attached hydrogens (primary N) is 1. The number of hydrogen-bond donors (Lipinski definition) is 2. The summed E-state index contributed by atoms with van der Waals surface area (Å²) in [5, 5.41) is 8.80. The van der Waals surface area contributed by atoms with Gasteiger partial charge in [-0.2, -0.15) is 0 Å². The summed E-state index contributed by atoms with van der Waals surface area (Å²) in [4.78, 5) is 0. The molecular weight excluding hydrogens is 162 g/mol. The fraction of sp³-hybridized carbons (Fsp3) is 0.455. The molecule has 1 aromatic rings. The van der Waals surface area contributed by atoms with Gasteiger partial charge in [0.15, 0.2) is 0 Å². The number of aliphatic hydroxyl groups is 1. The van der Waals surface area contributed by atoms with E-state index in [0.29, 0.717) is 5.92 Å². The van der Waals surface area contributed by atoms with Crippen LogP contribution in [0.1, 0.15) is 18.4 Å². The smallest absolute Gasteiger partial charge is 0.0443 e. The summed E-state index contributed by atoms with van der Waals surface area (Å²) in [6.07, 6.45) is 1.84. The van der Waals surface area contributed by atoms with Crippen LogP contribution in [0.15, 0.2) is 30.3 Å². The van der Waals surface area contributed by atoms with Gasteiger partial charge in [-0.3, -0.25) is 0 Å². The third-order valence-corrected chi connectivity index (χ3v) is 2.94. The minimum Gasteiger partial charge on any atom is -0.396 e. The van der Waals surface area contributed by atoms with Crippen LogP contribution < -0.4 is 5.73 Å². The van der Waals surface area contributed by atoms with Crippen LogP contribution in [-0.4, -0.2) is 11.7 Å². The van der Waals surface area contributed by atoms with Crippen molar-refractivity contribution < 1.29 is 5.11 Å². The summed E-state index contributed by atoms with van der Waals surface area (Å²) < 4.78 is 0. The summed E-state index contributed by atoms with van der Waals surface area (Å²) in [7, 11) is 0. The van der Waals surface area contributed by atoms with Gasteiger partial charge in [-0.1, -0.05) is 30.3 Å². The van der Waals surface area contributed by atoms with E-state index < -0.39 is 0 Å². The van der Waals surface area contributed by atoms with E-state index in [4.69, 9.17) is 10.8 Å². The lowest BCUT2D eigenvalue weighted by molar-refractivity contribution is 0.275. The topological polar surface area (TPSA) is 46.2 Å². The Kier molecular flexibility index (Phi) is 2.10. The highest BCUT2D eigenvalue weighted by Crippen LogP contribution is 2.51. The summed E-state index contributed by atoms with van der Waals surface area (Å²) in [5.74, 6) is 0.472. The zero-order valence-electron chi connectivity index (χ0n) is 7.61. The van der Waals surface area contributed by atoms with Gasteiger partial charge in [0.2, 0.25) is 0 Å². The van der Waals surface area contributed by atoms with Gasteiger partial charge >= 0.3 is 0 Å². The third-order valence-electron chi connectivity index (χ3n) is 2.94. The van der Waals surface area contributed by atoms with Crippen molar-refractivity contribution in [1.29, 1.82) is 0 Å². The molecule has 0 spiro atoms. The monoisotopic (exact) mass is 177 g/mol. The van der Waals surface area contributed by atoms with E-state index in [2.05, 4.69) is 12.1 Å². The van der Waals surface area contributed by atoms with Crippen molar-refractivity contribution in [2.45, 2.75) is 18.4 Å². The largest absolute Gasteiger partial charge is 0.396 e. The van der Waals surface area contributed by atoms with Gasteiger partial charge < -0.3 is 10.8 Å². The molecular formula is C11H15NO. The molecule has 70 valence electrons. The molecule has 1 aliphatic carbocycles. The van der Waals surface area contributed by atoms with E-state index in [9.17, 15) is 0 Å². The molecule has 0 amide bonds. The van der Waals surface area contributed by atoms with Crippen molar-refractivity contribution in [3.8, 4) is 0 Å². The predicted molar refractivity (Wildman–Crippen MR) is 52.1 cm³/mol. The molecule has 1 aromatic carbocycles. The maximum Gasteiger partial charge on any atom is 0.0443 e. The Hall–Kier alpha value is -0.860. The van der Waals surface area contributed by atoms with Crippen LogP contribution in [0, 0.1) is 5.92 Å². The quantitative estimate of drug-likeness (QED) is 0.729. The van der Waals surface area contributed by atoms with E-state index in [-0.39, 0.29) is 12.1 Å². The number of aliphatic hydroxyl groups excluding tert-OH is 1. The Morgan fingerprint density at radius 3 is 2.69 bits per heavy atom. The molecule has 0 unspecified atom stereocenters. The van der Waals surface area contributed by atoms with E-state index in [1.54, 1.807) is 0 Å². The van der Waals surface area contributed by atoms with Crippen LogP contribution in [0.25, 0.3) is 0 Å². The molecule has 2 nitrogen and oxygen atoms in total. The van der Waals surface area contributed by atoms with Crippen LogP contribution in [0.4, 0.5) is 0 Å². The fourth-order valence-corrected chi connectivity index (χ4v) is 1.97. The predicted octanol–water partition coefficient (Wildman–Crippen LogP) is 1.24. The average molecular weight is 177 g/mol. The first-order valence-electron chi connectivity index (χ1n) is 4.72. The standard InChI is InChI=1S/C11H15NO/c12-11(8-10(11)6-7-13)9-4-2-1-3-5-9/h1-5,10,13H,6-8,12H2/t10-,11-/m1/s1. The molecule has 1 fully saturated rings. The van der Waals surface area contributed by atoms with Gasteiger partial charge in [0.25, 0.3) is 0 Å². The molecule has 2 rings (SSSR count). The third kappa shape index (κ3) is 1.47. The van der Waals surface area contributed by atoms with E-state index >= 15 is 0 Å². The lowest BCUT2D eigenvalue weighted by Crippen LogP contribution is -2.22. The second-order valence-electron chi connectivity index (χ2n) is 3.82. The zero-order chi connectivity index (χ0) is 9.31. The minimum atomic E-state index is -0.149. The molecule has 0 aliphatic heterocycles. The van der Waals surface area contributed by atoms with Crippen LogP contribution in [0.2, 0.25) is 0 Å². The molecule has 2 atom stereocenters. The molecule has 1 saturated carbocycles. The highest BCUT2D eigenvalue weighted by Gasteiger charge is 2.51. The molecule has 0 heterocycles. The summed E-state index contributed by atoms with van der Waals surface area (Å²) in [5.41, 5.74) is 7.24. The van der Waals surface area contributed by atoms with Crippen molar-refractivity contribution >= 4 is 0 Å². The van der Waals surface area contributed by atoms with E-state index in [1.807, 2.05) is 18.2 Å². The molecule has 2 heteroatoms. The first kappa shape index (κ1) is 8.73. The molecule has 1 aliphatic rings. The molecule has 0 bridgehead atoms. The molecule has 13 heavy (non-hydrogen) atoms. The Labute approximate surface area is 78.4 Å². The van der Waals surface area contributed by atoms with E-state index in [1.165, 1.54) is 5.56 Å². The maximum atomic E-state index is 8.80. The Morgan fingerprint density at radius 1 is 1.38 bits per heavy atom. The van der Waals surface area contributed by atoms with Crippen molar-refractivity contribution in [3.05, 3.63) is 35.9 Å². The van der Waals surface area contributed by atoms with Gasteiger partial charge in [0.05, 0.1) is 0 Å². The van der Waals surface area contributed by atoms with Crippen LogP contribution in [0.5, 0.6) is 0 Å². The van der Waals surface area contributed by atoms with Gasteiger partial charge in [-0.05, 0) is 24.3 Å². The first-order chi connectivity index (χ1) is 6.27. The zero-order valence-corrected chi connectivity index (χ0v) is 7.61. The molecule has 3 N–H and O–H groups in total. The lowest BCUT2D eigenvalue weighted by Gasteiger charge is -2.10. The Morgan fingerprint density at radius 2 is 2.08 bits per heavy atom. The van der Waals surface area contributed by atoms with E-state index in [0.717, 1.165) is 12.8 Å². The first-order valence-corrected chi connectivity index (χ1v) is 4.72. The van der Waals surface area contributed by atoms with Crippen molar-refractivity contribution in [2.75, 3.05) is 6.61 Å². The normalized spacial score (nSPS) is 31.7. The second-order valence-corrected chi connectivity index (χ2v) is 3.82. The highest BCUT2D eigenvalue weighted by molar-refractivity contribution is 5.31. The lowest BCUT2D eigenvalue weighted by atomic mass is 10.0. The molecule has 0 aromatic heterocycles. The number of hydrogen-bond acceptors (Lipinski definition) is 2. The average Bonchev–Trinajstić information content (AvgIpc) is 2.81. The Balaban J connectivity index is 2.11. The molecule has 0 radical (unpaired) electrons.